The van der Waals surface area contributed by atoms with E-state index in [1.54, 1.807) is 0 Å². The largest absolute Gasteiger partial charge is 0.332 e. The van der Waals surface area contributed by atoms with Crippen LogP contribution in [0.3, 0.4) is 0 Å². The lowest BCUT2D eigenvalue weighted by molar-refractivity contribution is 0.192. The molecule has 1 aromatic carbocycles. The minimum atomic E-state index is -0.0390. The molecular weight excluding hydrogens is 348 g/mol. The van der Waals surface area contributed by atoms with Gasteiger partial charge in [-0.25, -0.2) is 4.79 Å². The normalized spacial score (nSPS) is 20.7. The second kappa shape index (κ2) is 7.70. The van der Waals surface area contributed by atoms with Gasteiger partial charge in [0.15, 0.2) is 0 Å². The van der Waals surface area contributed by atoms with Gasteiger partial charge in [0.25, 0.3) is 0 Å². The Morgan fingerprint density at radius 1 is 1.15 bits per heavy atom. The lowest BCUT2D eigenvalue weighted by Gasteiger charge is -2.26. The van der Waals surface area contributed by atoms with E-state index in [2.05, 4.69) is 15.1 Å². The molecule has 1 aliphatic heterocycles. The summed E-state index contributed by atoms with van der Waals surface area (Å²) in [6.07, 6.45) is 8.98. The van der Waals surface area contributed by atoms with Crippen LogP contribution in [-0.2, 0) is 6.54 Å². The van der Waals surface area contributed by atoms with E-state index < -0.39 is 0 Å². The number of urea groups is 1. The zero-order valence-electron chi connectivity index (χ0n) is 14.9. The molecule has 1 aromatic heterocycles. The third-order valence-electron chi connectivity index (χ3n) is 5.56. The Balaban J connectivity index is 1.38. The van der Waals surface area contributed by atoms with E-state index in [4.69, 9.17) is 11.6 Å². The van der Waals surface area contributed by atoms with Gasteiger partial charge in [-0.1, -0.05) is 42.6 Å². The van der Waals surface area contributed by atoms with Crippen LogP contribution in [-0.4, -0.2) is 27.3 Å². The fraction of sp³-hybridized carbons (Fsp3) is 0.500. The molecule has 0 radical (unpaired) electrons. The predicted octanol–water partition coefficient (Wildman–Crippen LogP) is 4.70. The van der Waals surface area contributed by atoms with Crippen molar-refractivity contribution in [1.29, 1.82) is 0 Å². The highest BCUT2D eigenvalue weighted by atomic mass is 35.5. The smallest absolute Gasteiger partial charge is 0.318 e. The molecule has 1 saturated heterocycles. The highest BCUT2D eigenvalue weighted by Crippen LogP contribution is 2.35. The minimum absolute atomic E-state index is 0.0390. The second-order valence-electron chi connectivity index (χ2n) is 7.26. The van der Waals surface area contributed by atoms with Crippen molar-refractivity contribution in [3.8, 4) is 0 Å². The summed E-state index contributed by atoms with van der Waals surface area (Å²) in [5.74, 6) is 0. The molecule has 1 aliphatic carbocycles. The molecule has 5 nitrogen and oxygen atoms in total. The molecule has 138 valence electrons. The molecule has 1 atom stereocenters. The number of rotatable bonds is 4. The summed E-state index contributed by atoms with van der Waals surface area (Å²) in [5.41, 5.74) is 1.95. The average molecular weight is 373 g/mol. The summed E-state index contributed by atoms with van der Waals surface area (Å²) in [6.45, 7) is 1.22. The summed E-state index contributed by atoms with van der Waals surface area (Å²) < 4.78 is 2.07. The van der Waals surface area contributed by atoms with E-state index in [-0.39, 0.29) is 12.1 Å². The van der Waals surface area contributed by atoms with Crippen LogP contribution >= 0.6 is 11.6 Å². The molecule has 2 fully saturated rings. The number of benzene rings is 1. The number of hydrogen-bond donors (Lipinski definition) is 1. The third kappa shape index (κ3) is 3.58. The fourth-order valence-electron chi connectivity index (χ4n) is 4.19. The van der Waals surface area contributed by atoms with E-state index in [0.717, 1.165) is 35.7 Å². The monoisotopic (exact) mass is 372 g/mol. The Morgan fingerprint density at radius 3 is 2.77 bits per heavy atom. The van der Waals surface area contributed by atoms with Crippen molar-refractivity contribution in [2.45, 2.75) is 57.2 Å². The number of hydrogen-bond acceptors (Lipinski definition) is 2. The number of halogens is 1. The van der Waals surface area contributed by atoms with Crippen LogP contribution in [0.5, 0.6) is 0 Å². The zero-order valence-corrected chi connectivity index (χ0v) is 15.7. The molecular formula is C20H25ClN4O. The van der Waals surface area contributed by atoms with Crippen LogP contribution in [0.2, 0.25) is 5.02 Å². The molecule has 1 unspecified atom stereocenters. The Morgan fingerprint density at radius 2 is 1.96 bits per heavy atom. The van der Waals surface area contributed by atoms with Crippen molar-refractivity contribution >= 4 is 17.6 Å². The third-order valence-corrected chi connectivity index (χ3v) is 5.91. The van der Waals surface area contributed by atoms with Gasteiger partial charge in [-0.3, -0.25) is 4.68 Å². The van der Waals surface area contributed by atoms with Gasteiger partial charge in [0.2, 0.25) is 0 Å². The van der Waals surface area contributed by atoms with E-state index in [9.17, 15) is 4.79 Å². The number of likely N-dealkylation sites (tertiary alicyclic amines) is 1. The molecule has 0 bridgehead atoms. The molecule has 26 heavy (non-hydrogen) atoms. The first-order chi connectivity index (χ1) is 12.7. The zero-order chi connectivity index (χ0) is 17.9. The highest BCUT2D eigenvalue weighted by Gasteiger charge is 2.31. The number of carbonyl (C=O) groups excluding carboxylic acids is 1. The first-order valence-electron chi connectivity index (χ1n) is 9.55. The van der Waals surface area contributed by atoms with Gasteiger partial charge in [-0.2, -0.15) is 5.10 Å². The minimum Gasteiger partial charge on any atom is -0.332 e. The van der Waals surface area contributed by atoms with E-state index in [1.165, 1.54) is 25.7 Å². The Labute approximate surface area is 159 Å². The molecule has 0 spiro atoms. The molecule has 2 heterocycles. The molecule has 2 aliphatic rings. The van der Waals surface area contributed by atoms with Gasteiger partial charge < -0.3 is 10.2 Å². The van der Waals surface area contributed by atoms with Crippen LogP contribution < -0.4 is 5.32 Å². The molecule has 1 saturated carbocycles. The van der Waals surface area contributed by atoms with Gasteiger partial charge in [-0.15, -0.1) is 0 Å². The van der Waals surface area contributed by atoms with Crippen molar-refractivity contribution in [2.24, 2.45) is 0 Å². The fourth-order valence-corrected chi connectivity index (χ4v) is 4.45. The quantitative estimate of drug-likeness (QED) is 0.845. The Hall–Kier alpha value is -2.01. The maximum absolute atomic E-state index is 12.7. The number of aromatic nitrogens is 2. The topological polar surface area (TPSA) is 50.2 Å². The van der Waals surface area contributed by atoms with E-state index in [1.807, 2.05) is 41.4 Å². The van der Waals surface area contributed by atoms with Crippen molar-refractivity contribution in [3.05, 3.63) is 52.8 Å². The summed E-state index contributed by atoms with van der Waals surface area (Å²) in [6, 6.07) is 10.4. The first kappa shape index (κ1) is 17.4. The van der Waals surface area contributed by atoms with Gasteiger partial charge in [0, 0.05) is 17.8 Å². The maximum Gasteiger partial charge on any atom is 0.318 e. The first-order valence-corrected chi connectivity index (χ1v) is 9.93. The van der Waals surface area contributed by atoms with E-state index >= 15 is 0 Å². The lowest BCUT2D eigenvalue weighted by Crippen LogP contribution is -2.39. The van der Waals surface area contributed by atoms with Crippen molar-refractivity contribution < 1.29 is 4.79 Å². The Bertz CT molecular complexity index is 769. The number of nitrogens with one attached hydrogen (secondary N) is 1. The number of amides is 2. The SMILES string of the molecule is O=C(NCc1ccn(C2CCCC2)n1)N1CCCC1c1ccccc1Cl. The maximum atomic E-state index is 12.7. The molecule has 2 aromatic rings. The second-order valence-corrected chi connectivity index (χ2v) is 7.66. The summed E-state index contributed by atoms with van der Waals surface area (Å²) in [4.78, 5) is 14.6. The average Bonchev–Trinajstić information content (AvgIpc) is 3.40. The van der Waals surface area contributed by atoms with Crippen LogP contribution in [0.25, 0.3) is 0 Å². The molecule has 1 N–H and O–H groups in total. The lowest BCUT2D eigenvalue weighted by atomic mass is 10.0. The van der Waals surface area contributed by atoms with Crippen molar-refractivity contribution in [1.82, 2.24) is 20.0 Å². The predicted molar refractivity (Wildman–Crippen MR) is 102 cm³/mol. The van der Waals surface area contributed by atoms with Gasteiger partial charge >= 0.3 is 6.03 Å². The molecule has 6 heteroatoms. The summed E-state index contributed by atoms with van der Waals surface area (Å²) in [7, 11) is 0. The van der Waals surface area contributed by atoms with Crippen LogP contribution in [0, 0.1) is 0 Å². The molecule has 2 amide bonds. The highest BCUT2D eigenvalue weighted by molar-refractivity contribution is 6.31. The standard InChI is InChI=1S/C20H25ClN4O/c21-18-9-4-3-8-17(18)19-10-5-12-24(19)20(26)22-14-15-11-13-25(23-15)16-6-1-2-7-16/h3-4,8-9,11,13,16,19H,1-2,5-7,10,12,14H2,(H,22,26). The van der Waals surface area contributed by atoms with Crippen molar-refractivity contribution in [3.63, 3.8) is 0 Å². The number of nitrogens with zero attached hydrogens (tertiary/aromatic N) is 3. The van der Waals surface area contributed by atoms with Gasteiger partial charge in [0.1, 0.15) is 0 Å². The van der Waals surface area contributed by atoms with Crippen molar-refractivity contribution in [2.75, 3.05) is 6.54 Å². The Kier molecular flexibility index (Phi) is 5.16. The van der Waals surface area contributed by atoms with Crippen LogP contribution in [0.4, 0.5) is 4.79 Å². The van der Waals surface area contributed by atoms with Gasteiger partial charge in [0.05, 0.1) is 24.3 Å². The van der Waals surface area contributed by atoms with E-state index in [0.29, 0.717) is 12.6 Å². The molecule has 4 rings (SSSR count). The van der Waals surface area contributed by atoms with Gasteiger partial charge in [-0.05, 0) is 43.4 Å². The number of carbonyl (C=O) groups is 1. The summed E-state index contributed by atoms with van der Waals surface area (Å²) in [5, 5.41) is 8.41. The summed E-state index contributed by atoms with van der Waals surface area (Å²) >= 11 is 6.34. The van der Waals surface area contributed by atoms with Crippen LogP contribution in [0.15, 0.2) is 36.5 Å². The van der Waals surface area contributed by atoms with Crippen LogP contribution in [0.1, 0.15) is 61.9 Å².